The molecule has 1 fully saturated rings. The largest absolute Gasteiger partial charge is 0.351 e. The molecule has 1 aromatic heterocycles. The third kappa shape index (κ3) is 3.10. The van der Waals surface area contributed by atoms with Gasteiger partial charge >= 0.3 is 0 Å². The van der Waals surface area contributed by atoms with Crippen LogP contribution in [0.1, 0.15) is 35.2 Å². The highest BCUT2D eigenvalue weighted by atomic mass is 32.1. The summed E-state index contributed by atoms with van der Waals surface area (Å²) >= 11 is 5.16. The monoisotopic (exact) mass is 379 g/mol. The van der Waals surface area contributed by atoms with Crippen molar-refractivity contribution in [2.24, 2.45) is 7.05 Å². The molecular formula is C21H21N3O2S. The van der Waals surface area contributed by atoms with Crippen molar-refractivity contribution in [1.82, 2.24) is 14.9 Å². The molecule has 0 unspecified atom stereocenters. The van der Waals surface area contributed by atoms with Gasteiger partial charge < -0.3 is 10.3 Å². The third-order valence-corrected chi connectivity index (χ3v) is 6.02. The summed E-state index contributed by atoms with van der Waals surface area (Å²) in [6.07, 6.45) is 3.34. The number of nitrogens with zero attached hydrogens (tertiary/aromatic N) is 1. The molecule has 0 spiro atoms. The number of hydrogen-bond acceptors (Lipinski definition) is 3. The Bertz CT molecular complexity index is 1130. The molecule has 4 rings (SSSR count). The maximum atomic E-state index is 12.7. The van der Waals surface area contributed by atoms with Gasteiger partial charge in [-0.15, -0.1) is 0 Å². The van der Waals surface area contributed by atoms with Crippen molar-refractivity contribution in [2.45, 2.75) is 24.7 Å². The van der Waals surface area contributed by atoms with E-state index in [9.17, 15) is 9.59 Å². The van der Waals surface area contributed by atoms with E-state index in [2.05, 4.69) is 22.4 Å². The van der Waals surface area contributed by atoms with Crippen molar-refractivity contribution in [1.29, 1.82) is 0 Å². The fraction of sp³-hybridized carbons (Fsp3) is 0.286. The van der Waals surface area contributed by atoms with Gasteiger partial charge in [-0.1, -0.05) is 36.8 Å². The van der Waals surface area contributed by atoms with Crippen molar-refractivity contribution in [3.63, 3.8) is 0 Å². The van der Waals surface area contributed by atoms with Crippen LogP contribution in [0.15, 0.2) is 53.3 Å². The molecular weight excluding hydrogens is 358 g/mol. The molecule has 6 heteroatoms. The number of nitrogens with one attached hydrogen (secondary N) is 2. The molecule has 1 aliphatic carbocycles. The van der Waals surface area contributed by atoms with Crippen molar-refractivity contribution >= 4 is 29.0 Å². The van der Waals surface area contributed by atoms with Crippen LogP contribution in [0.25, 0.3) is 10.9 Å². The Morgan fingerprint density at radius 2 is 1.96 bits per heavy atom. The number of benzene rings is 2. The lowest BCUT2D eigenvalue weighted by atomic mass is 9.64. The first-order chi connectivity index (χ1) is 13.0. The van der Waals surface area contributed by atoms with E-state index in [1.807, 2.05) is 18.2 Å². The average Bonchev–Trinajstić information content (AvgIpc) is 2.65. The number of rotatable bonds is 4. The number of aromatic amines is 1. The highest BCUT2D eigenvalue weighted by molar-refractivity contribution is 7.71. The Hall–Kier alpha value is -2.73. The molecule has 2 aromatic carbocycles. The Morgan fingerprint density at radius 3 is 2.63 bits per heavy atom. The fourth-order valence-electron chi connectivity index (χ4n) is 3.76. The number of carbonyl (C=O) groups excluding carboxylic acids is 1. The molecule has 1 amide bonds. The molecule has 0 saturated heterocycles. The van der Waals surface area contributed by atoms with Crippen LogP contribution >= 0.6 is 12.2 Å². The third-order valence-electron chi connectivity index (χ3n) is 5.65. The first-order valence-electron chi connectivity index (χ1n) is 9.07. The SMILES string of the molecule is Cn1c(=S)[nH]c2cc(C(=O)NCC3(c4ccccc4)CCC3)ccc2c1=O. The van der Waals surface area contributed by atoms with Gasteiger partial charge in [0.15, 0.2) is 4.77 Å². The van der Waals surface area contributed by atoms with Crippen LogP contribution in [-0.4, -0.2) is 22.0 Å². The normalized spacial score (nSPS) is 15.3. The molecule has 0 atom stereocenters. The molecule has 27 heavy (non-hydrogen) atoms. The molecule has 1 aliphatic rings. The smallest absolute Gasteiger partial charge is 0.261 e. The zero-order chi connectivity index (χ0) is 19.0. The van der Waals surface area contributed by atoms with E-state index < -0.39 is 0 Å². The number of hydrogen-bond donors (Lipinski definition) is 2. The summed E-state index contributed by atoms with van der Waals surface area (Å²) in [6.45, 7) is 0.612. The zero-order valence-electron chi connectivity index (χ0n) is 15.1. The van der Waals surface area contributed by atoms with Gasteiger partial charge in [-0.05, 0) is 48.8 Å². The van der Waals surface area contributed by atoms with E-state index in [1.54, 1.807) is 25.2 Å². The summed E-state index contributed by atoms with van der Waals surface area (Å²) in [4.78, 5) is 28.0. The van der Waals surface area contributed by atoms with Gasteiger partial charge in [-0.3, -0.25) is 14.2 Å². The van der Waals surface area contributed by atoms with Crippen LogP contribution in [-0.2, 0) is 12.5 Å². The highest BCUT2D eigenvalue weighted by Gasteiger charge is 2.38. The molecule has 0 bridgehead atoms. The quantitative estimate of drug-likeness (QED) is 0.683. The van der Waals surface area contributed by atoms with Crippen molar-refractivity contribution in [2.75, 3.05) is 6.54 Å². The number of aromatic nitrogens is 2. The van der Waals surface area contributed by atoms with Crippen LogP contribution in [0.5, 0.6) is 0 Å². The van der Waals surface area contributed by atoms with Gasteiger partial charge in [-0.25, -0.2) is 0 Å². The molecule has 138 valence electrons. The standard InChI is InChI=1S/C21H21N3O2S/c1-24-19(26)16-9-8-14(12-17(16)23-20(24)27)18(25)22-13-21(10-5-11-21)15-6-3-2-4-7-15/h2-4,6-9,12H,5,10-11,13H2,1H3,(H,22,25)(H,23,27). The predicted octanol–water partition coefficient (Wildman–Crippen LogP) is 3.45. The van der Waals surface area contributed by atoms with E-state index >= 15 is 0 Å². The summed E-state index contributed by atoms with van der Waals surface area (Å²) in [6, 6.07) is 15.4. The Labute approximate surface area is 162 Å². The molecule has 3 aromatic rings. The summed E-state index contributed by atoms with van der Waals surface area (Å²) in [7, 11) is 1.63. The van der Waals surface area contributed by atoms with Gasteiger partial charge in [-0.2, -0.15) is 0 Å². The first-order valence-corrected chi connectivity index (χ1v) is 9.48. The topological polar surface area (TPSA) is 66.9 Å². The minimum atomic E-state index is -0.168. The number of fused-ring (bicyclic) bond motifs is 1. The average molecular weight is 379 g/mol. The lowest BCUT2D eigenvalue weighted by molar-refractivity contribution is 0.0928. The van der Waals surface area contributed by atoms with Gasteiger partial charge in [0, 0.05) is 24.6 Å². The lowest BCUT2D eigenvalue weighted by Gasteiger charge is -2.42. The van der Waals surface area contributed by atoms with Gasteiger partial charge in [0.05, 0.1) is 10.9 Å². The van der Waals surface area contributed by atoms with Crippen molar-refractivity contribution < 1.29 is 4.79 Å². The molecule has 1 saturated carbocycles. The number of H-pyrrole nitrogens is 1. The zero-order valence-corrected chi connectivity index (χ0v) is 15.9. The second kappa shape index (κ2) is 6.78. The van der Waals surface area contributed by atoms with Gasteiger partial charge in [0.1, 0.15) is 0 Å². The van der Waals surface area contributed by atoms with E-state index in [0.717, 1.165) is 12.8 Å². The predicted molar refractivity (Wildman–Crippen MR) is 109 cm³/mol. The number of carbonyl (C=O) groups is 1. The highest BCUT2D eigenvalue weighted by Crippen LogP contribution is 2.43. The van der Waals surface area contributed by atoms with Crippen molar-refractivity contribution in [3.8, 4) is 0 Å². The van der Waals surface area contributed by atoms with E-state index in [1.165, 1.54) is 16.6 Å². The second-order valence-electron chi connectivity index (χ2n) is 7.24. The van der Waals surface area contributed by atoms with Crippen LogP contribution in [0, 0.1) is 4.77 Å². The van der Waals surface area contributed by atoms with Crippen LogP contribution in [0.2, 0.25) is 0 Å². The fourth-order valence-corrected chi connectivity index (χ4v) is 3.95. The second-order valence-corrected chi connectivity index (χ2v) is 7.62. The van der Waals surface area contributed by atoms with E-state index in [0.29, 0.717) is 27.8 Å². The summed E-state index contributed by atoms with van der Waals surface area (Å²) in [5, 5.41) is 3.60. The van der Waals surface area contributed by atoms with Crippen LogP contribution < -0.4 is 10.9 Å². The molecule has 0 aliphatic heterocycles. The Balaban J connectivity index is 1.57. The lowest BCUT2D eigenvalue weighted by Crippen LogP contribution is -2.45. The molecule has 0 radical (unpaired) electrons. The maximum absolute atomic E-state index is 12.7. The summed E-state index contributed by atoms with van der Waals surface area (Å²) < 4.78 is 1.72. The Kier molecular flexibility index (Phi) is 4.44. The van der Waals surface area contributed by atoms with E-state index in [-0.39, 0.29) is 16.9 Å². The molecule has 5 nitrogen and oxygen atoms in total. The van der Waals surface area contributed by atoms with E-state index in [4.69, 9.17) is 12.2 Å². The summed E-state index contributed by atoms with van der Waals surface area (Å²) in [5.74, 6) is -0.140. The molecule has 1 heterocycles. The van der Waals surface area contributed by atoms with Gasteiger partial charge in [0.2, 0.25) is 0 Å². The summed E-state index contributed by atoms with van der Waals surface area (Å²) in [5.41, 5.74) is 2.24. The molecule has 2 N–H and O–H groups in total. The van der Waals surface area contributed by atoms with Gasteiger partial charge in [0.25, 0.3) is 11.5 Å². The first kappa shape index (κ1) is 17.7. The van der Waals surface area contributed by atoms with Crippen LogP contribution in [0.3, 0.4) is 0 Å². The van der Waals surface area contributed by atoms with Crippen LogP contribution in [0.4, 0.5) is 0 Å². The maximum Gasteiger partial charge on any atom is 0.261 e. The van der Waals surface area contributed by atoms with Crippen molar-refractivity contribution in [3.05, 3.63) is 74.8 Å². The number of amides is 1. The Morgan fingerprint density at radius 1 is 1.22 bits per heavy atom. The minimum absolute atomic E-state index is 0.0314. The minimum Gasteiger partial charge on any atom is -0.351 e.